The molecule has 0 fully saturated rings. The van der Waals surface area contributed by atoms with Crippen molar-refractivity contribution in [3.8, 4) is 0 Å². The van der Waals surface area contributed by atoms with E-state index in [1.54, 1.807) is 19.1 Å². The minimum atomic E-state index is -0.532. The Bertz CT molecular complexity index is 1020. The minimum Gasteiger partial charge on any atom is -0.366 e. The fourth-order valence-electron chi connectivity index (χ4n) is 2.69. The third-order valence-corrected chi connectivity index (χ3v) is 3.94. The maximum absolute atomic E-state index is 12.4. The van der Waals surface area contributed by atoms with Gasteiger partial charge in [0.2, 0.25) is 11.8 Å². The number of carbonyl (C=O) groups is 2. The van der Waals surface area contributed by atoms with Gasteiger partial charge in [-0.15, -0.1) is 0 Å². The number of pyridine rings is 1. The lowest BCUT2D eigenvalue weighted by Gasteiger charge is -2.12. The molecule has 0 radical (unpaired) electrons. The Morgan fingerprint density at radius 1 is 1.08 bits per heavy atom. The Balaban J connectivity index is 1.86. The normalized spacial score (nSPS) is 10.6. The molecule has 1 heterocycles. The van der Waals surface area contributed by atoms with E-state index in [-0.39, 0.29) is 18.0 Å². The average molecular weight is 335 g/mol. The zero-order valence-corrected chi connectivity index (χ0v) is 13.7. The molecule has 3 rings (SSSR count). The molecule has 2 aromatic carbocycles. The number of amides is 2. The van der Waals surface area contributed by atoms with Gasteiger partial charge in [-0.25, -0.2) is 0 Å². The Hall–Kier alpha value is -3.41. The van der Waals surface area contributed by atoms with Crippen LogP contribution in [0.3, 0.4) is 0 Å². The standard InChI is InChI=1S/C19H17N3O3/c1-12-10-14-4-2-3-5-16(14)22(19(12)25)11-17(23)21-15-8-6-13(7-9-15)18(20)24/h2-10H,11H2,1H3,(H2,20,24)(H,21,23). The lowest BCUT2D eigenvalue weighted by atomic mass is 10.1. The molecule has 0 atom stereocenters. The third-order valence-electron chi connectivity index (χ3n) is 3.94. The molecule has 6 heteroatoms. The van der Waals surface area contributed by atoms with E-state index < -0.39 is 5.91 Å². The molecular formula is C19H17N3O3. The number of aromatic nitrogens is 1. The second-order valence-corrected chi connectivity index (χ2v) is 5.77. The second-order valence-electron chi connectivity index (χ2n) is 5.77. The third kappa shape index (κ3) is 3.42. The number of hydrogen-bond donors (Lipinski definition) is 2. The first kappa shape index (κ1) is 16.4. The van der Waals surface area contributed by atoms with Crippen molar-refractivity contribution in [3.05, 3.63) is 76.1 Å². The van der Waals surface area contributed by atoms with E-state index in [1.165, 1.54) is 16.7 Å². The predicted octanol–water partition coefficient (Wildman–Crippen LogP) is 2.05. The lowest BCUT2D eigenvalue weighted by molar-refractivity contribution is -0.116. The summed E-state index contributed by atoms with van der Waals surface area (Å²) in [6.45, 7) is 1.63. The van der Waals surface area contributed by atoms with Crippen molar-refractivity contribution in [2.24, 2.45) is 5.73 Å². The van der Waals surface area contributed by atoms with Crippen molar-refractivity contribution in [2.75, 3.05) is 5.32 Å². The van der Waals surface area contributed by atoms with Crippen LogP contribution in [-0.2, 0) is 11.3 Å². The Morgan fingerprint density at radius 3 is 2.44 bits per heavy atom. The van der Waals surface area contributed by atoms with Gasteiger partial charge in [0.15, 0.2) is 0 Å². The smallest absolute Gasteiger partial charge is 0.254 e. The summed E-state index contributed by atoms with van der Waals surface area (Å²) in [5.41, 5.74) is 7.16. The molecule has 6 nitrogen and oxygen atoms in total. The van der Waals surface area contributed by atoms with Crippen molar-refractivity contribution >= 4 is 28.4 Å². The highest BCUT2D eigenvalue weighted by molar-refractivity contribution is 5.95. The molecule has 0 aliphatic rings. The predicted molar refractivity (Wildman–Crippen MR) is 96.5 cm³/mol. The van der Waals surface area contributed by atoms with Gasteiger partial charge in [-0.3, -0.25) is 19.0 Å². The Labute approximate surface area is 143 Å². The first-order valence-corrected chi connectivity index (χ1v) is 7.74. The summed E-state index contributed by atoms with van der Waals surface area (Å²) in [5, 5.41) is 3.62. The van der Waals surface area contributed by atoms with Gasteiger partial charge in [-0.1, -0.05) is 18.2 Å². The highest BCUT2D eigenvalue weighted by atomic mass is 16.2. The van der Waals surface area contributed by atoms with Crippen molar-refractivity contribution < 1.29 is 9.59 Å². The van der Waals surface area contributed by atoms with Crippen LogP contribution in [0.25, 0.3) is 10.9 Å². The fraction of sp³-hybridized carbons (Fsp3) is 0.105. The largest absolute Gasteiger partial charge is 0.366 e. The zero-order valence-electron chi connectivity index (χ0n) is 13.7. The van der Waals surface area contributed by atoms with Crippen LogP contribution in [0.15, 0.2) is 59.4 Å². The highest BCUT2D eigenvalue weighted by Gasteiger charge is 2.11. The van der Waals surface area contributed by atoms with E-state index in [0.717, 1.165) is 5.39 Å². The topological polar surface area (TPSA) is 94.2 Å². The van der Waals surface area contributed by atoms with Crippen molar-refractivity contribution in [1.82, 2.24) is 4.57 Å². The number of rotatable bonds is 4. The Kier molecular flexibility index (Phi) is 4.35. The van der Waals surface area contributed by atoms with Crippen molar-refractivity contribution in [2.45, 2.75) is 13.5 Å². The van der Waals surface area contributed by atoms with Gasteiger partial charge in [-0.05, 0) is 48.7 Å². The molecule has 25 heavy (non-hydrogen) atoms. The number of carbonyl (C=O) groups excluding carboxylic acids is 2. The number of para-hydroxylation sites is 1. The van der Waals surface area contributed by atoms with Gasteiger partial charge in [0.1, 0.15) is 6.54 Å². The number of nitrogens with two attached hydrogens (primary N) is 1. The summed E-state index contributed by atoms with van der Waals surface area (Å²) < 4.78 is 1.46. The maximum atomic E-state index is 12.4. The zero-order chi connectivity index (χ0) is 18.0. The van der Waals surface area contributed by atoms with Crippen LogP contribution in [-0.4, -0.2) is 16.4 Å². The Morgan fingerprint density at radius 2 is 1.76 bits per heavy atom. The molecule has 0 unspecified atom stereocenters. The lowest BCUT2D eigenvalue weighted by Crippen LogP contribution is -2.29. The van der Waals surface area contributed by atoms with Gasteiger partial charge >= 0.3 is 0 Å². The van der Waals surface area contributed by atoms with Crippen molar-refractivity contribution in [3.63, 3.8) is 0 Å². The van der Waals surface area contributed by atoms with E-state index in [2.05, 4.69) is 5.32 Å². The first-order valence-electron chi connectivity index (χ1n) is 7.74. The van der Waals surface area contributed by atoms with Crippen LogP contribution in [0.2, 0.25) is 0 Å². The molecule has 0 aliphatic heterocycles. The second kappa shape index (κ2) is 6.60. The molecule has 0 bridgehead atoms. The molecule has 126 valence electrons. The SMILES string of the molecule is Cc1cc2ccccc2n(CC(=O)Nc2ccc(C(N)=O)cc2)c1=O. The average Bonchev–Trinajstić information content (AvgIpc) is 2.59. The molecule has 0 saturated heterocycles. The summed E-state index contributed by atoms with van der Waals surface area (Å²) >= 11 is 0. The molecule has 1 aromatic heterocycles. The van der Waals surface area contributed by atoms with E-state index in [4.69, 9.17) is 5.73 Å². The summed E-state index contributed by atoms with van der Waals surface area (Å²) in [7, 11) is 0. The number of anilines is 1. The number of fused-ring (bicyclic) bond motifs is 1. The number of aryl methyl sites for hydroxylation is 1. The number of primary amides is 1. The van der Waals surface area contributed by atoms with E-state index in [9.17, 15) is 14.4 Å². The van der Waals surface area contributed by atoms with Gasteiger partial charge in [0.25, 0.3) is 5.56 Å². The quantitative estimate of drug-likeness (QED) is 0.764. The molecular weight excluding hydrogens is 318 g/mol. The number of nitrogens with zero attached hydrogens (tertiary/aromatic N) is 1. The highest BCUT2D eigenvalue weighted by Crippen LogP contribution is 2.14. The van der Waals surface area contributed by atoms with Gasteiger partial charge in [-0.2, -0.15) is 0 Å². The molecule has 0 saturated carbocycles. The minimum absolute atomic E-state index is 0.0986. The van der Waals surface area contributed by atoms with E-state index in [1.807, 2.05) is 30.3 Å². The van der Waals surface area contributed by atoms with Crippen LogP contribution in [0, 0.1) is 6.92 Å². The molecule has 3 aromatic rings. The molecule has 0 spiro atoms. The monoisotopic (exact) mass is 335 g/mol. The van der Waals surface area contributed by atoms with E-state index in [0.29, 0.717) is 22.3 Å². The molecule has 0 aliphatic carbocycles. The summed E-state index contributed by atoms with van der Waals surface area (Å²) in [4.78, 5) is 35.8. The fourth-order valence-corrected chi connectivity index (χ4v) is 2.69. The number of benzene rings is 2. The van der Waals surface area contributed by atoms with Crippen molar-refractivity contribution in [1.29, 1.82) is 0 Å². The molecule has 2 amide bonds. The van der Waals surface area contributed by atoms with Gasteiger partial charge < -0.3 is 11.1 Å². The van der Waals surface area contributed by atoms with Crippen LogP contribution in [0.1, 0.15) is 15.9 Å². The maximum Gasteiger partial charge on any atom is 0.254 e. The summed E-state index contributed by atoms with van der Waals surface area (Å²) in [5.74, 6) is -0.861. The van der Waals surface area contributed by atoms with Crippen LogP contribution >= 0.6 is 0 Å². The molecule has 3 N–H and O–H groups in total. The van der Waals surface area contributed by atoms with Crippen LogP contribution in [0.5, 0.6) is 0 Å². The summed E-state index contributed by atoms with van der Waals surface area (Å²) in [6.07, 6.45) is 0. The van der Waals surface area contributed by atoms with Gasteiger partial charge in [0.05, 0.1) is 5.52 Å². The van der Waals surface area contributed by atoms with Crippen LogP contribution in [0.4, 0.5) is 5.69 Å². The van der Waals surface area contributed by atoms with Crippen LogP contribution < -0.4 is 16.6 Å². The van der Waals surface area contributed by atoms with Gasteiger partial charge in [0, 0.05) is 16.8 Å². The first-order chi connectivity index (χ1) is 12.0. The van der Waals surface area contributed by atoms with E-state index >= 15 is 0 Å². The number of hydrogen-bond acceptors (Lipinski definition) is 3. The number of nitrogens with one attached hydrogen (secondary N) is 1. The summed E-state index contributed by atoms with van der Waals surface area (Å²) in [6, 6.07) is 15.5.